The highest BCUT2D eigenvalue weighted by Crippen LogP contribution is 2.17. The predicted molar refractivity (Wildman–Crippen MR) is 110 cm³/mol. The van der Waals surface area contributed by atoms with E-state index >= 15 is 0 Å². The molecule has 1 N–H and O–H groups in total. The van der Waals surface area contributed by atoms with Gasteiger partial charge in [0.15, 0.2) is 9.84 Å². The van der Waals surface area contributed by atoms with Gasteiger partial charge in [-0.1, -0.05) is 47.9 Å². The Balaban J connectivity index is 1.53. The Morgan fingerprint density at radius 1 is 1.03 bits per heavy atom. The number of aryl methyl sites for hydroxylation is 1. The van der Waals surface area contributed by atoms with Crippen molar-refractivity contribution in [2.45, 2.75) is 31.1 Å². The average Bonchev–Trinajstić information content (AvgIpc) is 3.14. The lowest BCUT2D eigenvalue weighted by Crippen LogP contribution is -2.17. The highest BCUT2D eigenvalue weighted by atomic mass is 35.5. The van der Waals surface area contributed by atoms with E-state index in [-0.39, 0.29) is 23.1 Å². The Morgan fingerprint density at radius 3 is 2.34 bits per heavy atom. The summed E-state index contributed by atoms with van der Waals surface area (Å²) in [5, 5.41) is 10.6. The van der Waals surface area contributed by atoms with Crippen LogP contribution in [0.25, 0.3) is 0 Å². The third kappa shape index (κ3) is 5.88. The van der Waals surface area contributed by atoms with Gasteiger partial charge in [0, 0.05) is 11.4 Å². The van der Waals surface area contributed by atoms with Crippen LogP contribution in [-0.4, -0.2) is 30.3 Å². The smallest absolute Gasteiger partial charge is 0.322 e. The van der Waals surface area contributed by atoms with E-state index in [4.69, 9.17) is 16.0 Å². The van der Waals surface area contributed by atoms with E-state index in [0.717, 1.165) is 12.0 Å². The SMILES string of the molecule is CCc1ccc(Cc2nnc(NC(=O)CCS(=O)(=O)c3ccc(Cl)cc3)o2)cc1. The maximum absolute atomic E-state index is 12.3. The monoisotopic (exact) mass is 433 g/mol. The molecule has 29 heavy (non-hydrogen) atoms. The molecule has 0 saturated carbocycles. The summed E-state index contributed by atoms with van der Waals surface area (Å²) >= 11 is 5.76. The quantitative estimate of drug-likeness (QED) is 0.581. The van der Waals surface area contributed by atoms with Crippen LogP contribution >= 0.6 is 11.6 Å². The van der Waals surface area contributed by atoms with E-state index in [1.807, 2.05) is 24.3 Å². The van der Waals surface area contributed by atoms with Crippen molar-refractivity contribution >= 4 is 33.4 Å². The molecular weight excluding hydrogens is 414 g/mol. The van der Waals surface area contributed by atoms with E-state index in [1.165, 1.54) is 29.8 Å². The van der Waals surface area contributed by atoms with E-state index < -0.39 is 15.7 Å². The number of sulfone groups is 1. The molecule has 1 heterocycles. The second-order valence-electron chi connectivity index (χ2n) is 6.42. The van der Waals surface area contributed by atoms with Crippen LogP contribution < -0.4 is 5.32 Å². The van der Waals surface area contributed by atoms with Crippen LogP contribution in [0.5, 0.6) is 0 Å². The molecule has 0 atom stereocenters. The van der Waals surface area contributed by atoms with Crippen LogP contribution in [0.1, 0.15) is 30.4 Å². The molecule has 1 aromatic heterocycles. The molecule has 152 valence electrons. The summed E-state index contributed by atoms with van der Waals surface area (Å²) in [6, 6.07) is 13.8. The van der Waals surface area contributed by atoms with Crippen molar-refractivity contribution in [3.63, 3.8) is 0 Å². The standard InChI is InChI=1S/C20H20ClN3O4S/c1-2-14-3-5-15(6-4-14)13-19-23-24-20(28-19)22-18(25)11-12-29(26,27)17-9-7-16(21)8-10-17/h3-10H,2,11-13H2,1H3,(H,22,24,25). The fourth-order valence-corrected chi connectivity index (χ4v) is 3.98. The number of anilines is 1. The maximum Gasteiger partial charge on any atom is 0.322 e. The van der Waals surface area contributed by atoms with Gasteiger partial charge in [-0.15, -0.1) is 5.10 Å². The number of carbonyl (C=O) groups excluding carboxylic acids is 1. The molecule has 0 unspecified atom stereocenters. The number of carbonyl (C=O) groups is 1. The minimum Gasteiger partial charge on any atom is -0.407 e. The Hall–Kier alpha value is -2.71. The van der Waals surface area contributed by atoms with Gasteiger partial charge >= 0.3 is 6.01 Å². The van der Waals surface area contributed by atoms with Gasteiger partial charge in [-0.3, -0.25) is 10.1 Å². The minimum atomic E-state index is -3.59. The third-order valence-electron chi connectivity index (χ3n) is 4.27. The van der Waals surface area contributed by atoms with Crippen molar-refractivity contribution in [1.82, 2.24) is 10.2 Å². The molecule has 0 aliphatic rings. The highest BCUT2D eigenvalue weighted by molar-refractivity contribution is 7.91. The number of nitrogens with zero attached hydrogens (tertiary/aromatic N) is 2. The molecule has 1 amide bonds. The van der Waals surface area contributed by atoms with Crippen LogP contribution in [0, 0.1) is 0 Å². The van der Waals surface area contributed by atoms with Crippen molar-refractivity contribution in [2.75, 3.05) is 11.1 Å². The van der Waals surface area contributed by atoms with Crippen molar-refractivity contribution < 1.29 is 17.6 Å². The van der Waals surface area contributed by atoms with E-state index in [1.54, 1.807) is 0 Å². The number of rotatable bonds is 8. The zero-order valence-corrected chi connectivity index (χ0v) is 17.3. The lowest BCUT2D eigenvalue weighted by molar-refractivity contribution is -0.116. The predicted octanol–water partition coefficient (Wildman–Crippen LogP) is 3.68. The summed E-state index contributed by atoms with van der Waals surface area (Å²) in [5.74, 6) is -0.506. The van der Waals surface area contributed by atoms with Gasteiger partial charge in [-0.25, -0.2) is 8.42 Å². The maximum atomic E-state index is 12.3. The number of hydrogen-bond acceptors (Lipinski definition) is 6. The molecule has 2 aromatic carbocycles. The molecule has 0 aliphatic carbocycles. The summed E-state index contributed by atoms with van der Waals surface area (Å²) in [5.41, 5.74) is 2.25. The van der Waals surface area contributed by atoms with Gasteiger partial charge in [0.1, 0.15) is 0 Å². The zero-order chi connectivity index (χ0) is 20.9. The molecule has 3 aromatic rings. The number of aromatic nitrogens is 2. The summed E-state index contributed by atoms with van der Waals surface area (Å²) in [6.45, 7) is 2.09. The highest BCUT2D eigenvalue weighted by Gasteiger charge is 2.18. The largest absolute Gasteiger partial charge is 0.407 e. The molecule has 9 heteroatoms. The first-order valence-electron chi connectivity index (χ1n) is 9.04. The lowest BCUT2D eigenvalue weighted by Gasteiger charge is -2.04. The van der Waals surface area contributed by atoms with E-state index in [0.29, 0.717) is 17.3 Å². The number of halogens is 1. The number of hydrogen-bond donors (Lipinski definition) is 1. The van der Waals surface area contributed by atoms with Gasteiger partial charge in [-0.2, -0.15) is 0 Å². The second-order valence-corrected chi connectivity index (χ2v) is 8.96. The third-order valence-corrected chi connectivity index (χ3v) is 6.25. The van der Waals surface area contributed by atoms with Gasteiger partial charge in [0.2, 0.25) is 11.8 Å². The summed E-state index contributed by atoms with van der Waals surface area (Å²) < 4.78 is 30.0. The summed E-state index contributed by atoms with van der Waals surface area (Å²) in [4.78, 5) is 12.2. The molecule has 0 bridgehead atoms. The first-order chi connectivity index (χ1) is 13.9. The summed E-state index contributed by atoms with van der Waals surface area (Å²) in [6.07, 6.45) is 1.17. The fourth-order valence-electron chi connectivity index (χ4n) is 2.61. The normalized spacial score (nSPS) is 11.4. The fraction of sp³-hybridized carbons (Fsp3) is 0.250. The van der Waals surface area contributed by atoms with Gasteiger partial charge < -0.3 is 4.42 Å². The Morgan fingerprint density at radius 2 is 1.69 bits per heavy atom. The number of benzene rings is 2. The van der Waals surface area contributed by atoms with Crippen molar-refractivity contribution in [3.8, 4) is 0 Å². The van der Waals surface area contributed by atoms with Gasteiger partial charge in [0.25, 0.3) is 0 Å². The van der Waals surface area contributed by atoms with Gasteiger partial charge in [-0.05, 0) is 41.8 Å². The molecule has 7 nitrogen and oxygen atoms in total. The molecule has 3 rings (SSSR count). The number of nitrogens with one attached hydrogen (secondary N) is 1. The topological polar surface area (TPSA) is 102 Å². The molecule has 0 saturated heterocycles. The van der Waals surface area contributed by atoms with Crippen LogP contribution in [0.15, 0.2) is 57.8 Å². The minimum absolute atomic E-state index is 0.0564. The second kappa shape index (κ2) is 9.19. The van der Waals surface area contributed by atoms with Crippen LogP contribution in [0.4, 0.5) is 6.01 Å². The summed E-state index contributed by atoms with van der Waals surface area (Å²) in [7, 11) is -3.59. The molecule has 0 spiro atoms. The van der Waals surface area contributed by atoms with Crippen molar-refractivity contribution in [2.24, 2.45) is 0 Å². The molecular formula is C20H20ClN3O4S. The van der Waals surface area contributed by atoms with Crippen molar-refractivity contribution in [3.05, 3.63) is 70.6 Å². The Labute approximate surface area is 174 Å². The lowest BCUT2D eigenvalue weighted by atomic mass is 10.1. The zero-order valence-electron chi connectivity index (χ0n) is 15.8. The molecule has 0 fully saturated rings. The van der Waals surface area contributed by atoms with E-state index in [9.17, 15) is 13.2 Å². The molecule has 0 radical (unpaired) electrons. The van der Waals surface area contributed by atoms with Crippen LogP contribution in [0.3, 0.4) is 0 Å². The van der Waals surface area contributed by atoms with Crippen LogP contribution in [-0.2, 0) is 27.5 Å². The first-order valence-corrected chi connectivity index (χ1v) is 11.1. The van der Waals surface area contributed by atoms with Crippen LogP contribution in [0.2, 0.25) is 5.02 Å². The first kappa shape index (κ1) is 21.0. The Bertz CT molecular complexity index is 1080. The average molecular weight is 434 g/mol. The Kier molecular flexibility index (Phi) is 6.66. The molecule has 0 aliphatic heterocycles. The van der Waals surface area contributed by atoms with E-state index in [2.05, 4.69) is 22.4 Å². The van der Waals surface area contributed by atoms with Gasteiger partial charge in [0.05, 0.1) is 17.1 Å². The van der Waals surface area contributed by atoms with Crippen molar-refractivity contribution in [1.29, 1.82) is 0 Å². The number of amides is 1.